The van der Waals surface area contributed by atoms with E-state index in [1.165, 1.54) is 0 Å². The number of ether oxygens (including phenoxy) is 1. The van der Waals surface area contributed by atoms with Crippen LogP contribution in [0.2, 0.25) is 5.02 Å². The average Bonchev–Trinajstić information content (AvgIpc) is 2.58. The summed E-state index contributed by atoms with van der Waals surface area (Å²) < 4.78 is 5.57. The summed E-state index contributed by atoms with van der Waals surface area (Å²) in [7, 11) is 0. The highest BCUT2D eigenvalue weighted by Crippen LogP contribution is 2.41. The molecule has 0 radical (unpaired) electrons. The zero-order chi connectivity index (χ0) is 21.1. The van der Waals surface area contributed by atoms with Crippen LogP contribution >= 0.6 is 23.4 Å². The molecule has 8 heteroatoms. The number of esters is 1. The number of thioether (sulfide) groups is 1. The molecule has 0 saturated carbocycles. The van der Waals surface area contributed by atoms with Crippen molar-refractivity contribution in [1.29, 1.82) is 5.26 Å². The molecule has 2 rings (SSSR count). The number of dihydropyridines is 1. The summed E-state index contributed by atoms with van der Waals surface area (Å²) in [4.78, 5) is 24.2. The van der Waals surface area contributed by atoms with Gasteiger partial charge >= 0.3 is 5.97 Å². The topological polar surface area (TPSA) is 105 Å². The monoisotopic (exact) mass is 419 g/mol. The molecule has 0 unspecified atom stereocenters. The molecule has 0 aromatic heterocycles. The second-order valence-corrected chi connectivity index (χ2v) is 8.68. The van der Waals surface area contributed by atoms with Crippen molar-refractivity contribution < 1.29 is 14.3 Å². The standard InChI is InChI=1S/C20H22ClN3O3S/c1-11-16(19(26)27-20(2,3)4)17(12-5-7-13(21)8-6-12)14(9-22)18(24-11)28-10-15(23)25/h5-8,17,24H,10H2,1-4H3,(H2,23,25)/t17-/m1/s1. The first-order chi connectivity index (χ1) is 13.0. The van der Waals surface area contributed by atoms with Gasteiger partial charge in [-0.2, -0.15) is 5.26 Å². The second-order valence-electron chi connectivity index (χ2n) is 7.26. The van der Waals surface area contributed by atoms with E-state index >= 15 is 0 Å². The maximum Gasteiger partial charge on any atom is 0.337 e. The number of amides is 1. The number of allylic oxidation sites excluding steroid dienone is 2. The van der Waals surface area contributed by atoms with Crippen LogP contribution in [-0.4, -0.2) is 23.2 Å². The van der Waals surface area contributed by atoms with Crippen LogP contribution in [0.4, 0.5) is 0 Å². The van der Waals surface area contributed by atoms with Crippen molar-refractivity contribution in [2.24, 2.45) is 5.73 Å². The summed E-state index contributed by atoms with van der Waals surface area (Å²) in [5.41, 5.74) is 6.50. The van der Waals surface area contributed by atoms with Gasteiger partial charge < -0.3 is 15.8 Å². The van der Waals surface area contributed by atoms with Crippen molar-refractivity contribution in [3.63, 3.8) is 0 Å². The number of nitrogens with one attached hydrogen (secondary N) is 1. The number of benzene rings is 1. The van der Waals surface area contributed by atoms with Gasteiger partial charge in [-0.05, 0) is 45.4 Å². The molecule has 0 spiro atoms. The molecule has 1 atom stereocenters. The molecule has 0 fully saturated rings. The average molecular weight is 420 g/mol. The van der Waals surface area contributed by atoms with Gasteiger partial charge in [-0.15, -0.1) is 0 Å². The minimum atomic E-state index is -0.688. The van der Waals surface area contributed by atoms with Crippen molar-refractivity contribution in [3.05, 3.63) is 56.7 Å². The van der Waals surface area contributed by atoms with E-state index < -0.39 is 23.4 Å². The molecule has 6 nitrogen and oxygen atoms in total. The fourth-order valence-electron chi connectivity index (χ4n) is 2.76. The number of halogens is 1. The van der Waals surface area contributed by atoms with Crippen LogP contribution < -0.4 is 11.1 Å². The molecule has 3 N–H and O–H groups in total. The third-order valence-electron chi connectivity index (χ3n) is 3.83. The van der Waals surface area contributed by atoms with Crippen molar-refractivity contribution >= 4 is 35.2 Å². The lowest BCUT2D eigenvalue weighted by molar-refractivity contribution is -0.150. The normalized spacial score (nSPS) is 17.1. The number of hydrogen-bond acceptors (Lipinski definition) is 6. The maximum absolute atomic E-state index is 12.9. The minimum Gasteiger partial charge on any atom is -0.457 e. The van der Waals surface area contributed by atoms with Gasteiger partial charge in [0.1, 0.15) is 5.60 Å². The Hall–Kier alpha value is -2.43. The van der Waals surface area contributed by atoms with Gasteiger partial charge in [0.15, 0.2) is 0 Å². The Balaban J connectivity index is 2.58. The molecule has 1 aliphatic heterocycles. The predicted octanol–water partition coefficient (Wildman–Crippen LogP) is 3.60. The Labute approximate surface area is 173 Å². The van der Waals surface area contributed by atoms with Crippen molar-refractivity contribution in [2.45, 2.75) is 39.2 Å². The van der Waals surface area contributed by atoms with Gasteiger partial charge in [0.25, 0.3) is 0 Å². The summed E-state index contributed by atoms with van der Waals surface area (Å²) >= 11 is 7.13. The smallest absolute Gasteiger partial charge is 0.337 e. The van der Waals surface area contributed by atoms with Crippen molar-refractivity contribution in [1.82, 2.24) is 5.32 Å². The van der Waals surface area contributed by atoms with Crippen molar-refractivity contribution in [3.8, 4) is 6.07 Å². The Kier molecular flexibility index (Phi) is 6.81. The first-order valence-corrected chi connectivity index (χ1v) is 9.92. The van der Waals surface area contributed by atoms with Crippen LogP contribution in [0.5, 0.6) is 0 Å². The number of primary amides is 1. The molecular weight excluding hydrogens is 398 g/mol. The number of nitriles is 1. The zero-order valence-corrected chi connectivity index (χ0v) is 17.7. The highest BCUT2D eigenvalue weighted by Gasteiger charge is 2.36. The zero-order valence-electron chi connectivity index (χ0n) is 16.1. The van der Waals surface area contributed by atoms with Crippen LogP contribution in [0, 0.1) is 11.3 Å². The van der Waals surface area contributed by atoms with Crippen LogP contribution in [0.3, 0.4) is 0 Å². The lowest BCUT2D eigenvalue weighted by atomic mass is 9.82. The predicted molar refractivity (Wildman–Crippen MR) is 110 cm³/mol. The Morgan fingerprint density at radius 2 is 1.93 bits per heavy atom. The Morgan fingerprint density at radius 1 is 1.32 bits per heavy atom. The number of hydrogen-bond donors (Lipinski definition) is 2. The fraction of sp³-hybridized carbons (Fsp3) is 0.350. The molecule has 1 aromatic carbocycles. The van der Waals surface area contributed by atoms with E-state index in [2.05, 4.69) is 11.4 Å². The molecule has 1 heterocycles. The number of carbonyl (C=O) groups is 2. The maximum atomic E-state index is 12.9. The van der Waals surface area contributed by atoms with Crippen LogP contribution in [0.15, 0.2) is 46.1 Å². The SMILES string of the molecule is CC1=C(C(=O)OC(C)(C)C)[C@H](c2ccc(Cl)cc2)C(C#N)=C(SCC(N)=O)N1. The quantitative estimate of drug-likeness (QED) is 0.706. The highest BCUT2D eigenvalue weighted by atomic mass is 35.5. The lowest BCUT2D eigenvalue weighted by Crippen LogP contribution is -2.32. The molecule has 148 valence electrons. The van der Waals surface area contributed by atoms with E-state index in [0.717, 1.165) is 17.3 Å². The van der Waals surface area contributed by atoms with E-state index in [1.807, 2.05) is 0 Å². The summed E-state index contributed by atoms with van der Waals surface area (Å²) in [5, 5.41) is 14.0. The van der Waals surface area contributed by atoms with Gasteiger partial charge in [0.05, 0.1) is 33.9 Å². The molecule has 0 bridgehead atoms. The summed E-state index contributed by atoms with van der Waals surface area (Å²) in [6.07, 6.45) is 0. The van der Waals surface area contributed by atoms with E-state index in [9.17, 15) is 14.9 Å². The minimum absolute atomic E-state index is 0.00982. The van der Waals surface area contributed by atoms with E-state index in [1.54, 1.807) is 52.0 Å². The fourth-order valence-corrected chi connectivity index (χ4v) is 3.72. The van der Waals surface area contributed by atoms with Gasteiger partial charge in [0, 0.05) is 10.7 Å². The van der Waals surface area contributed by atoms with Crippen molar-refractivity contribution in [2.75, 3.05) is 5.75 Å². The molecule has 0 aliphatic carbocycles. The molecule has 1 amide bonds. The first-order valence-electron chi connectivity index (χ1n) is 8.55. The van der Waals surface area contributed by atoms with Gasteiger partial charge in [-0.1, -0.05) is 35.5 Å². The van der Waals surface area contributed by atoms with Crippen LogP contribution in [0.1, 0.15) is 39.2 Å². The van der Waals surface area contributed by atoms with E-state index in [0.29, 0.717) is 26.9 Å². The van der Waals surface area contributed by atoms with Crippen LogP contribution in [0.25, 0.3) is 0 Å². The number of nitrogens with two attached hydrogens (primary N) is 1. The number of carbonyl (C=O) groups excluding carboxylic acids is 2. The third-order valence-corrected chi connectivity index (χ3v) is 5.12. The molecule has 28 heavy (non-hydrogen) atoms. The van der Waals surface area contributed by atoms with E-state index in [4.69, 9.17) is 22.1 Å². The van der Waals surface area contributed by atoms with Gasteiger partial charge in [-0.3, -0.25) is 4.79 Å². The largest absolute Gasteiger partial charge is 0.457 e. The lowest BCUT2D eigenvalue weighted by Gasteiger charge is -2.31. The molecular formula is C20H22ClN3O3S. The van der Waals surface area contributed by atoms with E-state index in [-0.39, 0.29) is 5.75 Å². The molecule has 0 saturated heterocycles. The summed E-state index contributed by atoms with van der Waals surface area (Å²) in [5.74, 6) is -1.65. The van der Waals surface area contributed by atoms with Gasteiger partial charge in [-0.25, -0.2) is 4.79 Å². The number of nitrogens with zero attached hydrogens (tertiary/aromatic N) is 1. The highest BCUT2D eigenvalue weighted by molar-refractivity contribution is 8.03. The Morgan fingerprint density at radius 3 is 2.43 bits per heavy atom. The summed E-state index contributed by atoms with van der Waals surface area (Å²) in [6, 6.07) is 9.11. The molecule has 1 aliphatic rings. The number of rotatable bonds is 5. The Bertz CT molecular complexity index is 893. The van der Waals surface area contributed by atoms with Crippen LogP contribution in [-0.2, 0) is 14.3 Å². The summed E-state index contributed by atoms with van der Waals surface area (Å²) in [6.45, 7) is 7.08. The second kappa shape index (κ2) is 8.72. The molecule has 1 aromatic rings. The third kappa shape index (κ3) is 5.31. The first kappa shape index (κ1) is 21.9. The van der Waals surface area contributed by atoms with Gasteiger partial charge in [0.2, 0.25) is 5.91 Å².